The Hall–Kier alpha value is -2.73. The molecule has 0 unspecified atom stereocenters. The molecule has 0 saturated heterocycles. The highest BCUT2D eigenvalue weighted by Crippen LogP contribution is 2.28. The van der Waals surface area contributed by atoms with Crippen LogP contribution in [0.2, 0.25) is 0 Å². The van der Waals surface area contributed by atoms with Crippen molar-refractivity contribution in [2.75, 3.05) is 18.5 Å². The van der Waals surface area contributed by atoms with E-state index in [-0.39, 0.29) is 18.1 Å². The van der Waals surface area contributed by atoms with Crippen molar-refractivity contribution < 1.29 is 17.3 Å². The molecule has 0 aliphatic heterocycles. The summed E-state index contributed by atoms with van der Waals surface area (Å²) in [5, 5.41) is 11.8. The van der Waals surface area contributed by atoms with E-state index in [0.29, 0.717) is 5.82 Å². The van der Waals surface area contributed by atoms with E-state index in [2.05, 4.69) is 16.8 Å². The third-order valence-corrected chi connectivity index (χ3v) is 4.13. The molecule has 7 heteroatoms. The minimum absolute atomic E-state index is 0. The van der Waals surface area contributed by atoms with Gasteiger partial charge in [0, 0.05) is 36.7 Å². The summed E-state index contributed by atoms with van der Waals surface area (Å²) >= 11 is 0. The summed E-state index contributed by atoms with van der Waals surface area (Å²) in [6.45, 7) is 3.07. The van der Waals surface area contributed by atoms with E-state index in [1.807, 2.05) is 31.3 Å². The fourth-order valence-corrected chi connectivity index (χ4v) is 2.71. The number of fused-ring (bicyclic) bond motifs is 1. The number of halogens is 1. The van der Waals surface area contributed by atoms with Crippen molar-refractivity contribution in [3.63, 3.8) is 0 Å². The number of aromatic nitrogens is 2. The van der Waals surface area contributed by atoms with Crippen LogP contribution in [0, 0.1) is 10.1 Å². The van der Waals surface area contributed by atoms with E-state index < -0.39 is 4.92 Å². The number of non-ortho nitro benzene ring substituents is 1. The average Bonchev–Trinajstić information content (AvgIpc) is 2.65. The lowest BCUT2D eigenvalue weighted by atomic mass is 10.1. The lowest BCUT2D eigenvalue weighted by Gasteiger charge is -2.20. The van der Waals surface area contributed by atoms with Gasteiger partial charge in [0.1, 0.15) is 5.82 Å². The average molecular weight is 372 g/mol. The molecule has 0 N–H and O–H groups in total. The normalized spacial score (nSPS) is 10.4. The molecule has 3 rings (SSSR count). The van der Waals surface area contributed by atoms with Crippen LogP contribution in [0.25, 0.3) is 22.3 Å². The molecule has 0 atom stereocenters. The van der Waals surface area contributed by atoms with Crippen molar-refractivity contribution in [3.05, 3.63) is 58.6 Å². The van der Waals surface area contributed by atoms with E-state index >= 15 is 0 Å². The van der Waals surface area contributed by atoms with Crippen molar-refractivity contribution in [2.45, 2.75) is 19.8 Å². The molecule has 6 nitrogen and oxygen atoms in total. The third kappa shape index (κ3) is 4.08. The van der Waals surface area contributed by atoms with E-state index in [4.69, 9.17) is 4.98 Å². The first kappa shape index (κ1) is 19.6. The molecule has 1 aromatic heterocycles. The van der Waals surface area contributed by atoms with Gasteiger partial charge in [-0.3, -0.25) is 10.1 Å². The fourth-order valence-electron chi connectivity index (χ4n) is 2.71. The quantitative estimate of drug-likeness (QED) is 0.484. The molecule has 3 aromatic rings. The van der Waals surface area contributed by atoms with Gasteiger partial charge in [-0.1, -0.05) is 25.5 Å². The topological polar surface area (TPSA) is 72.2 Å². The molecule has 0 radical (unpaired) electrons. The van der Waals surface area contributed by atoms with E-state index in [1.54, 1.807) is 12.1 Å². The fraction of sp³-hybridized carbons (Fsp3) is 0.263. The minimum atomic E-state index is -0.408. The second kappa shape index (κ2) is 8.58. The van der Waals surface area contributed by atoms with Crippen molar-refractivity contribution in [1.82, 2.24) is 9.97 Å². The van der Waals surface area contributed by atoms with Crippen LogP contribution in [0.3, 0.4) is 0 Å². The highest BCUT2D eigenvalue weighted by molar-refractivity contribution is 5.91. The van der Waals surface area contributed by atoms with Gasteiger partial charge in [-0.25, -0.2) is 9.97 Å². The number of hydrogen-bond acceptors (Lipinski definition) is 5. The zero-order chi connectivity index (χ0) is 17.8. The highest BCUT2D eigenvalue weighted by Gasteiger charge is 2.13. The van der Waals surface area contributed by atoms with Gasteiger partial charge in [0.25, 0.3) is 5.69 Å². The summed E-state index contributed by atoms with van der Waals surface area (Å²) in [6, 6.07) is 14.3. The molecule has 2 aromatic carbocycles. The van der Waals surface area contributed by atoms with Crippen LogP contribution in [-0.2, 0) is 0 Å². The summed E-state index contributed by atoms with van der Waals surface area (Å²) < 4.78 is 0. The zero-order valence-electron chi connectivity index (χ0n) is 14.7. The van der Waals surface area contributed by atoms with Gasteiger partial charge in [-0.15, -0.1) is 0 Å². The molecule has 0 aliphatic rings. The Bertz CT molecular complexity index is 900. The number of rotatable bonds is 6. The Kier molecular flexibility index (Phi) is 6.46. The summed E-state index contributed by atoms with van der Waals surface area (Å²) in [7, 11) is 2.03. The maximum Gasteiger partial charge on any atom is 0.269 e. The van der Waals surface area contributed by atoms with Crippen LogP contribution in [0.1, 0.15) is 19.8 Å². The van der Waals surface area contributed by atoms with Crippen molar-refractivity contribution in [3.8, 4) is 11.4 Å². The Labute approximate surface area is 158 Å². The lowest BCUT2D eigenvalue weighted by Crippen LogP contribution is -3.00. The number of nitro benzene ring substituents is 1. The summed E-state index contributed by atoms with van der Waals surface area (Å²) in [5.41, 5.74) is 1.69. The predicted molar refractivity (Wildman–Crippen MR) is 99.8 cm³/mol. The summed E-state index contributed by atoms with van der Waals surface area (Å²) in [5.74, 6) is 1.46. The van der Waals surface area contributed by atoms with Crippen LogP contribution >= 0.6 is 0 Å². The van der Waals surface area contributed by atoms with E-state index in [9.17, 15) is 10.1 Å². The van der Waals surface area contributed by atoms with E-state index in [1.165, 1.54) is 12.1 Å². The zero-order valence-corrected chi connectivity index (χ0v) is 15.5. The molecule has 0 fully saturated rings. The lowest BCUT2D eigenvalue weighted by molar-refractivity contribution is -0.384. The van der Waals surface area contributed by atoms with Gasteiger partial charge >= 0.3 is 0 Å². The first-order valence-corrected chi connectivity index (χ1v) is 8.33. The molecule has 0 bridgehead atoms. The smallest absolute Gasteiger partial charge is 0.269 e. The maximum absolute atomic E-state index is 10.8. The van der Waals surface area contributed by atoms with Crippen molar-refractivity contribution in [2.24, 2.45) is 0 Å². The molecule has 0 amide bonds. The molecule has 0 spiro atoms. The molecule has 26 heavy (non-hydrogen) atoms. The monoisotopic (exact) mass is 371 g/mol. The van der Waals surface area contributed by atoms with Crippen LogP contribution in [0.4, 0.5) is 11.5 Å². The largest absolute Gasteiger partial charge is 1.00 e. The summed E-state index contributed by atoms with van der Waals surface area (Å²) in [4.78, 5) is 21.9. The van der Waals surface area contributed by atoms with Crippen molar-refractivity contribution >= 4 is 22.4 Å². The number of benzene rings is 2. The Morgan fingerprint density at radius 3 is 2.42 bits per heavy atom. The Morgan fingerprint density at radius 2 is 1.77 bits per heavy atom. The number of unbranched alkanes of at least 4 members (excludes halogenated alkanes) is 1. The SMILES string of the molecule is CCCCN(C)c1nc(-c2ccc([N+](=O)[O-])cc2)nc2ccccc12.[Cl-]. The van der Waals surface area contributed by atoms with Crippen LogP contribution < -0.4 is 17.3 Å². The summed E-state index contributed by atoms with van der Waals surface area (Å²) in [6.07, 6.45) is 2.20. The first-order chi connectivity index (χ1) is 12.1. The molecule has 0 saturated carbocycles. The number of para-hydroxylation sites is 1. The van der Waals surface area contributed by atoms with Crippen LogP contribution in [0.5, 0.6) is 0 Å². The van der Waals surface area contributed by atoms with Gasteiger partial charge in [0.2, 0.25) is 0 Å². The van der Waals surface area contributed by atoms with Crippen LogP contribution in [-0.4, -0.2) is 28.5 Å². The van der Waals surface area contributed by atoms with E-state index in [0.717, 1.165) is 41.7 Å². The Morgan fingerprint density at radius 1 is 1.08 bits per heavy atom. The predicted octanol–water partition coefficient (Wildman–Crippen LogP) is 1.45. The second-order valence-corrected chi connectivity index (χ2v) is 5.97. The highest BCUT2D eigenvalue weighted by atomic mass is 35.5. The Balaban J connectivity index is 0.00000243. The molecule has 136 valence electrons. The van der Waals surface area contributed by atoms with Crippen LogP contribution in [0.15, 0.2) is 48.5 Å². The molecule has 0 aliphatic carbocycles. The van der Waals surface area contributed by atoms with Gasteiger partial charge in [-0.05, 0) is 30.7 Å². The van der Waals surface area contributed by atoms with Crippen molar-refractivity contribution in [1.29, 1.82) is 0 Å². The number of hydrogen-bond donors (Lipinski definition) is 0. The van der Waals surface area contributed by atoms with Gasteiger partial charge in [0.15, 0.2) is 5.82 Å². The van der Waals surface area contributed by atoms with Gasteiger partial charge in [-0.2, -0.15) is 0 Å². The standard InChI is InChI=1S/C19H20N4O2.ClH/c1-3-4-13-22(2)19-16-7-5-6-8-17(16)20-18(21-19)14-9-11-15(12-10-14)23(24)25;/h5-12H,3-4,13H2,1-2H3;1H/p-1. The molecular formula is C19H20ClN4O2-. The third-order valence-electron chi connectivity index (χ3n) is 4.13. The first-order valence-electron chi connectivity index (χ1n) is 8.33. The van der Waals surface area contributed by atoms with Gasteiger partial charge < -0.3 is 17.3 Å². The number of nitrogens with zero attached hydrogens (tertiary/aromatic N) is 4. The van der Waals surface area contributed by atoms with Gasteiger partial charge in [0.05, 0.1) is 10.4 Å². The number of anilines is 1. The minimum Gasteiger partial charge on any atom is -1.00 e. The maximum atomic E-state index is 10.8. The second-order valence-electron chi connectivity index (χ2n) is 5.97. The molecular weight excluding hydrogens is 352 g/mol. The number of nitro groups is 1. The molecule has 1 heterocycles.